The number of carbonyl (C=O) groups excluding carboxylic acids is 1. The molecule has 0 radical (unpaired) electrons. The highest BCUT2D eigenvalue weighted by molar-refractivity contribution is 5.95. The third kappa shape index (κ3) is 2.89. The van der Waals surface area contributed by atoms with E-state index in [9.17, 15) is 9.18 Å². The van der Waals surface area contributed by atoms with Crippen molar-refractivity contribution in [3.8, 4) is 0 Å². The van der Waals surface area contributed by atoms with Crippen LogP contribution in [0.3, 0.4) is 0 Å². The Kier molecular flexibility index (Phi) is 3.73. The SMILES string of the molecule is Cc1ccc(C)c(C(=O)NCC2(c3ccc(F)cc3)CC2)c1. The van der Waals surface area contributed by atoms with Gasteiger partial charge in [-0.25, -0.2) is 4.39 Å². The molecule has 2 aromatic carbocycles. The Labute approximate surface area is 130 Å². The standard InChI is InChI=1S/C19H20FNO/c1-13-3-4-14(2)17(11-13)18(22)21-12-19(9-10-19)15-5-7-16(20)8-6-15/h3-8,11H,9-10,12H2,1-2H3,(H,21,22). The molecule has 0 aromatic heterocycles. The van der Waals surface area contributed by atoms with Gasteiger partial charge in [-0.1, -0.05) is 29.8 Å². The van der Waals surface area contributed by atoms with Crippen LogP contribution in [0.2, 0.25) is 0 Å². The van der Waals surface area contributed by atoms with Crippen LogP contribution < -0.4 is 5.32 Å². The van der Waals surface area contributed by atoms with Gasteiger partial charge in [-0.2, -0.15) is 0 Å². The van der Waals surface area contributed by atoms with Gasteiger partial charge >= 0.3 is 0 Å². The van der Waals surface area contributed by atoms with Crippen LogP contribution in [0.15, 0.2) is 42.5 Å². The lowest BCUT2D eigenvalue weighted by molar-refractivity contribution is 0.0949. The summed E-state index contributed by atoms with van der Waals surface area (Å²) in [7, 11) is 0. The Hall–Kier alpha value is -2.16. The van der Waals surface area contributed by atoms with Crippen molar-refractivity contribution in [2.24, 2.45) is 0 Å². The summed E-state index contributed by atoms with van der Waals surface area (Å²) >= 11 is 0. The van der Waals surface area contributed by atoms with Crippen molar-refractivity contribution >= 4 is 5.91 Å². The fraction of sp³-hybridized carbons (Fsp3) is 0.316. The summed E-state index contributed by atoms with van der Waals surface area (Å²) < 4.78 is 13.0. The molecule has 0 bridgehead atoms. The molecule has 0 heterocycles. The molecule has 0 unspecified atom stereocenters. The van der Waals surface area contributed by atoms with E-state index in [-0.39, 0.29) is 17.1 Å². The second-order valence-corrected chi connectivity index (χ2v) is 6.29. The van der Waals surface area contributed by atoms with E-state index >= 15 is 0 Å². The molecular weight excluding hydrogens is 277 g/mol. The van der Waals surface area contributed by atoms with Crippen LogP contribution in [0.1, 0.15) is 39.9 Å². The van der Waals surface area contributed by atoms with Gasteiger partial charge in [0.1, 0.15) is 5.82 Å². The quantitative estimate of drug-likeness (QED) is 0.911. The maximum atomic E-state index is 13.0. The van der Waals surface area contributed by atoms with Crippen molar-refractivity contribution in [1.29, 1.82) is 0 Å². The van der Waals surface area contributed by atoms with Crippen LogP contribution in [0.25, 0.3) is 0 Å². The molecule has 2 aromatic rings. The Morgan fingerprint density at radius 1 is 1.14 bits per heavy atom. The smallest absolute Gasteiger partial charge is 0.251 e. The lowest BCUT2D eigenvalue weighted by Crippen LogP contribution is -2.32. The molecule has 0 saturated heterocycles. The van der Waals surface area contributed by atoms with Gasteiger partial charge in [-0.3, -0.25) is 4.79 Å². The zero-order chi connectivity index (χ0) is 15.7. The number of aryl methyl sites for hydroxylation is 2. The van der Waals surface area contributed by atoms with E-state index in [2.05, 4.69) is 5.32 Å². The third-order valence-corrected chi connectivity index (χ3v) is 4.54. The summed E-state index contributed by atoms with van der Waals surface area (Å²) in [6.07, 6.45) is 2.07. The van der Waals surface area contributed by atoms with Crippen LogP contribution in [-0.4, -0.2) is 12.5 Å². The van der Waals surface area contributed by atoms with E-state index in [1.807, 2.05) is 44.2 Å². The Bertz CT molecular complexity index is 702. The monoisotopic (exact) mass is 297 g/mol. The summed E-state index contributed by atoms with van der Waals surface area (Å²) in [5.41, 5.74) is 3.89. The average molecular weight is 297 g/mol. The normalized spacial score (nSPS) is 15.4. The Balaban J connectivity index is 1.71. The van der Waals surface area contributed by atoms with Gasteiger partial charge in [0.05, 0.1) is 0 Å². The molecule has 1 fully saturated rings. The largest absolute Gasteiger partial charge is 0.351 e. The zero-order valence-corrected chi connectivity index (χ0v) is 12.9. The minimum atomic E-state index is -0.223. The molecule has 0 spiro atoms. The van der Waals surface area contributed by atoms with E-state index in [1.165, 1.54) is 12.1 Å². The summed E-state index contributed by atoms with van der Waals surface area (Å²) in [5.74, 6) is -0.256. The summed E-state index contributed by atoms with van der Waals surface area (Å²) in [4.78, 5) is 12.4. The minimum Gasteiger partial charge on any atom is -0.351 e. The Morgan fingerprint density at radius 2 is 1.82 bits per heavy atom. The van der Waals surface area contributed by atoms with Gasteiger partial charge in [0, 0.05) is 17.5 Å². The molecule has 0 aliphatic heterocycles. The zero-order valence-electron chi connectivity index (χ0n) is 12.9. The number of rotatable bonds is 4. The van der Waals surface area contributed by atoms with Crippen molar-refractivity contribution in [3.63, 3.8) is 0 Å². The van der Waals surface area contributed by atoms with E-state index in [1.54, 1.807) is 0 Å². The third-order valence-electron chi connectivity index (χ3n) is 4.54. The van der Waals surface area contributed by atoms with E-state index in [4.69, 9.17) is 0 Å². The molecule has 1 saturated carbocycles. The first kappa shape index (κ1) is 14.8. The van der Waals surface area contributed by atoms with Gasteiger partial charge in [-0.15, -0.1) is 0 Å². The van der Waals surface area contributed by atoms with E-state index in [0.717, 1.165) is 35.1 Å². The summed E-state index contributed by atoms with van der Waals surface area (Å²) in [6, 6.07) is 12.5. The Morgan fingerprint density at radius 3 is 2.45 bits per heavy atom. The van der Waals surface area contributed by atoms with Crippen molar-refractivity contribution < 1.29 is 9.18 Å². The number of halogens is 1. The van der Waals surface area contributed by atoms with Gasteiger partial charge in [0.25, 0.3) is 5.91 Å². The van der Waals surface area contributed by atoms with Gasteiger partial charge in [0.15, 0.2) is 0 Å². The first-order valence-corrected chi connectivity index (χ1v) is 7.62. The maximum Gasteiger partial charge on any atom is 0.251 e. The predicted molar refractivity (Wildman–Crippen MR) is 85.6 cm³/mol. The molecule has 3 heteroatoms. The first-order chi connectivity index (χ1) is 10.5. The molecule has 1 aliphatic rings. The minimum absolute atomic E-state index is 0.0128. The lowest BCUT2D eigenvalue weighted by Gasteiger charge is -2.17. The van der Waals surface area contributed by atoms with Crippen molar-refractivity contribution in [1.82, 2.24) is 5.32 Å². The van der Waals surface area contributed by atoms with Crippen molar-refractivity contribution in [2.45, 2.75) is 32.1 Å². The summed E-state index contributed by atoms with van der Waals surface area (Å²) in [6.45, 7) is 4.53. The molecule has 22 heavy (non-hydrogen) atoms. The number of amides is 1. The molecule has 0 atom stereocenters. The number of carbonyl (C=O) groups is 1. The number of hydrogen-bond donors (Lipinski definition) is 1. The molecule has 1 aliphatic carbocycles. The van der Waals surface area contributed by atoms with Crippen LogP contribution in [-0.2, 0) is 5.41 Å². The number of benzene rings is 2. The second kappa shape index (κ2) is 5.56. The van der Waals surface area contributed by atoms with Crippen LogP contribution in [0, 0.1) is 19.7 Å². The molecular formula is C19H20FNO. The van der Waals surface area contributed by atoms with Crippen LogP contribution >= 0.6 is 0 Å². The van der Waals surface area contributed by atoms with Crippen molar-refractivity contribution in [2.75, 3.05) is 6.54 Å². The molecule has 1 N–H and O–H groups in total. The number of hydrogen-bond acceptors (Lipinski definition) is 1. The van der Waals surface area contributed by atoms with E-state index < -0.39 is 0 Å². The fourth-order valence-electron chi connectivity index (χ4n) is 2.85. The maximum absolute atomic E-state index is 13.0. The average Bonchev–Trinajstić information content (AvgIpc) is 3.29. The van der Waals surface area contributed by atoms with Crippen LogP contribution in [0.5, 0.6) is 0 Å². The van der Waals surface area contributed by atoms with Crippen molar-refractivity contribution in [3.05, 3.63) is 70.5 Å². The highest BCUT2D eigenvalue weighted by Crippen LogP contribution is 2.47. The summed E-state index contributed by atoms with van der Waals surface area (Å²) in [5, 5.41) is 3.05. The molecule has 1 amide bonds. The predicted octanol–water partition coefficient (Wildman–Crippen LogP) is 3.90. The first-order valence-electron chi connectivity index (χ1n) is 7.62. The number of nitrogens with one attached hydrogen (secondary N) is 1. The fourth-order valence-corrected chi connectivity index (χ4v) is 2.85. The second-order valence-electron chi connectivity index (χ2n) is 6.29. The molecule has 2 nitrogen and oxygen atoms in total. The van der Waals surface area contributed by atoms with Crippen LogP contribution in [0.4, 0.5) is 4.39 Å². The molecule has 114 valence electrons. The van der Waals surface area contributed by atoms with Gasteiger partial charge in [0.2, 0.25) is 0 Å². The highest BCUT2D eigenvalue weighted by atomic mass is 19.1. The topological polar surface area (TPSA) is 29.1 Å². The van der Waals surface area contributed by atoms with Gasteiger partial charge in [-0.05, 0) is 56.0 Å². The van der Waals surface area contributed by atoms with Gasteiger partial charge < -0.3 is 5.32 Å². The molecule has 3 rings (SSSR count). The highest BCUT2D eigenvalue weighted by Gasteiger charge is 2.44. The lowest BCUT2D eigenvalue weighted by atomic mass is 9.95. The van der Waals surface area contributed by atoms with E-state index in [0.29, 0.717) is 6.54 Å².